The summed E-state index contributed by atoms with van der Waals surface area (Å²) in [7, 11) is 3.64. The van der Waals surface area contributed by atoms with E-state index in [0.29, 0.717) is 23.5 Å². The lowest BCUT2D eigenvalue weighted by atomic mass is 10.5. The van der Waals surface area contributed by atoms with Gasteiger partial charge in [-0.3, -0.25) is 0 Å². The molecule has 0 atom stereocenters. The molecule has 0 saturated carbocycles. The second-order valence-electron chi connectivity index (χ2n) is 3.85. The average molecular weight is 256 g/mol. The first-order chi connectivity index (χ1) is 9.28. The Kier molecular flexibility index (Phi) is 2.67. The molecule has 0 aliphatic heterocycles. The van der Waals surface area contributed by atoms with Gasteiger partial charge in [-0.1, -0.05) is 0 Å². The maximum absolute atomic E-state index is 4.38. The first kappa shape index (κ1) is 11.3. The minimum absolute atomic E-state index is 0.447. The van der Waals surface area contributed by atoms with Crippen molar-refractivity contribution in [3.05, 3.63) is 30.9 Å². The molecule has 0 aromatic carbocycles. The van der Waals surface area contributed by atoms with Crippen molar-refractivity contribution in [3.8, 4) is 17.6 Å². The van der Waals surface area contributed by atoms with E-state index in [4.69, 9.17) is 0 Å². The molecule has 0 bridgehead atoms. The summed E-state index contributed by atoms with van der Waals surface area (Å²) in [5, 5.41) is 7.03. The Morgan fingerprint density at radius 1 is 1.11 bits per heavy atom. The number of aryl methyl sites for hydroxylation is 1. The first-order valence-electron chi connectivity index (χ1n) is 5.69. The van der Waals surface area contributed by atoms with E-state index >= 15 is 0 Å². The second kappa shape index (κ2) is 4.48. The van der Waals surface area contributed by atoms with E-state index in [9.17, 15) is 0 Å². The summed E-state index contributed by atoms with van der Waals surface area (Å²) in [4.78, 5) is 17.2. The van der Waals surface area contributed by atoms with Crippen molar-refractivity contribution in [1.82, 2.24) is 34.3 Å². The van der Waals surface area contributed by atoms with E-state index in [1.54, 1.807) is 30.3 Å². The van der Waals surface area contributed by atoms with Gasteiger partial charge >= 0.3 is 0 Å². The van der Waals surface area contributed by atoms with Crippen LogP contribution in [0.15, 0.2) is 30.9 Å². The SMILES string of the molecule is CNc1nc(-c2nccn2C)nc(-n2cccn2)n1. The molecule has 3 rings (SSSR count). The predicted octanol–water partition coefficient (Wildman–Crippen LogP) is 0.499. The molecule has 0 unspecified atom stereocenters. The molecule has 0 fully saturated rings. The van der Waals surface area contributed by atoms with Gasteiger partial charge in [0.2, 0.25) is 11.8 Å². The molecule has 19 heavy (non-hydrogen) atoms. The van der Waals surface area contributed by atoms with Crippen molar-refractivity contribution in [2.24, 2.45) is 7.05 Å². The van der Waals surface area contributed by atoms with Crippen LogP contribution in [0, 0.1) is 0 Å². The summed E-state index contributed by atoms with van der Waals surface area (Å²) in [6, 6.07) is 1.81. The van der Waals surface area contributed by atoms with Gasteiger partial charge in [0.15, 0.2) is 5.82 Å². The third-order valence-corrected chi connectivity index (χ3v) is 2.58. The Morgan fingerprint density at radius 2 is 2.00 bits per heavy atom. The monoisotopic (exact) mass is 256 g/mol. The van der Waals surface area contributed by atoms with Crippen LogP contribution >= 0.6 is 0 Å². The fourth-order valence-corrected chi connectivity index (χ4v) is 1.65. The van der Waals surface area contributed by atoms with E-state index in [-0.39, 0.29) is 0 Å². The standard InChI is InChI=1S/C11H12N8/c1-12-10-15-8(9-13-5-7-18(9)2)16-11(17-10)19-6-3-4-14-19/h3-7H,1-2H3,(H,12,15,16,17). The maximum Gasteiger partial charge on any atom is 0.256 e. The number of aromatic nitrogens is 7. The molecule has 0 spiro atoms. The minimum Gasteiger partial charge on any atom is -0.357 e. The van der Waals surface area contributed by atoms with Crippen molar-refractivity contribution >= 4 is 5.95 Å². The molecule has 0 radical (unpaired) electrons. The smallest absolute Gasteiger partial charge is 0.256 e. The van der Waals surface area contributed by atoms with Gasteiger partial charge in [-0.2, -0.15) is 20.1 Å². The molecule has 8 nitrogen and oxygen atoms in total. The lowest BCUT2D eigenvalue weighted by Gasteiger charge is -2.06. The predicted molar refractivity (Wildman–Crippen MR) is 68.7 cm³/mol. The normalized spacial score (nSPS) is 10.6. The molecular weight excluding hydrogens is 244 g/mol. The summed E-state index contributed by atoms with van der Waals surface area (Å²) in [6.45, 7) is 0. The Morgan fingerprint density at radius 3 is 2.63 bits per heavy atom. The highest BCUT2D eigenvalue weighted by Gasteiger charge is 2.12. The largest absolute Gasteiger partial charge is 0.357 e. The number of rotatable bonds is 3. The van der Waals surface area contributed by atoms with Crippen molar-refractivity contribution in [2.45, 2.75) is 0 Å². The van der Waals surface area contributed by atoms with Crippen LogP contribution in [-0.4, -0.2) is 41.3 Å². The Labute approximate surface area is 109 Å². The maximum atomic E-state index is 4.38. The topological polar surface area (TPSA) is 86.3 Å². The molecule has 3 heterocycles. The second-order valence-corrected chi connectivity index (χ2v) is 3.85. The van der Waals surface area contributed by atoms with E-state index < -0.39 is 0 Å². The highest BCUT2D eigenvalue weighted by Crippen LogP contribution is 2.14. The summed E-state index contributed by atoms with van der Waals surface area (Å²) < 4.78 is 3.43. The Bertz CT molecular complexity index is 685. The highest BCUT2D eigenvalue weighted by atomic mass is 15.4. The molecule has 0 amide bonds. The zero-order chi connectivity index (χ0) is 13.2. The summed E-state index contributed by atoms with van der Waals surface area (Å²) in [6.07, 6.45) is 6.98. The number of imidazole rings is 1. The van der Waals surface area contributed by atoms with Gasteiger partial charge in [0.1, 0.15) is 0 Å². The zero-order valence-corrected chi connectivity index (χ0v) is 10.5. The molecule has 3 aromatic rings. The number of nitrogens with one attached hydrogen (secondary N) is 1. The number of anilines is 1. The van der Waals surface area contributed by atoms with Gasteiger partial charge < -0.3 is 9.88 Å². The Hall–Kier alpha value is -2.77. The van der Waals surface area contributed by atoms with E-state index in [1.807, 2.05) is 23.9 Å². The fourth-order valence-electron chi connectivity index (χ4n) is 1.65. The van der Waals surface area contributed by atoms with Crippen molar-refractivity contribution < 1.29 is 0 Å². The van der Waals surface area contributed by atoms with Crippen LogP contribution in [-0.2, 0) is 7.05 Å². The molecule has 0 aliphatic rings. The van der Waals surface area contributed by atoms with Crippen LogP contribution < -0.4 is 5.32 Å². The summed E-state index contributed by atoms with van der Waals surface area (Å²) >= 11 is 0. The third kappa shape index (κ3) is 2.03. The van der Waals surface area contributed by atoms with Crippen LogP contribution in [0.25, 0.3) is 17.6 Å². The average Bonchev–Trinajstić information content (AvgIpc) is 3.09. The summed E-state index contributed by atoms with van der Waals surface area (Å²) in [5.74, 6) is 2.09. The number of hydrogen-bond acceptors (Lipinski definition) is 6. The van der Waals surface area contributed by atoms with Gasteiger partial charge in [0.25, 0.3) is 5.95 Å². The highest BCUT2D eigenvalue weighted by molar-refractivity contribution is 5.47. The number of hydrogen-bond donors (Lipinski definition) is 1. The van der Waals surface area contributed by atoms with Crippen LogP contribution in [0.2, 0.25) is 0 Å². The zero-order valence-electron chi connectivity index (χ0n) is 10.5. The molecule has 0 aliphatic carbocycles. The molecule has 3 aromatic heterocycles. The van der Waals surface area contributed by atoms with Gasteiger partial charge in [-0.25, -0.2) is 9.67 Å². The first-order valence-corrected chi connectivity index (χ1v) is 5.69. The molecular formula is C11H12N8. The lowest BCUT2D eigenvalue weighted by molar-refractivity contribution is 0.793. The quantitative estimate of drug-likeness (QED) is 0.734. The van der Waals surface area contributed by atoms with Gasteiger partial charge in [-0.15, -0.1) is 0 Å². The van der Waals surface area contributed by atoms with Crippen LogP contribution in [0.5, 0.6) is 0 Å². The molecule has 96 valence electrons. The van der Waals surface area contributed by atoms with E-state index in [0.717, 1.165) is 0 Å². The molecule has 1 N–H and O–H groups in total. The summed E-state index contributed by atoms with van der Waals surface area (Å²) in [5.41, 5.74) is 0. The van der Waals surface area contributed by atoms with Crippen LogP contribution in [0.4, 0.5) is 5.95 Å². The van der Waals surface area contributed by atoms with Gasteiger partial charge in [0, 0.05) is 38.9 Å². The van der Waals surface area contributed by atoms with Gasteiger partial charge in [-0.05, 0) is 6.07 Å². The molecule has 0 saturated heterocycles. The van der Waals surface area contributed by atoms with Gasteiger partial charge in [0.05, 0.1) is 0 Å². The van der Waals surface area contributed by atoms with Crippen molar-refractivity contribution in [3.63, 3.8) is 0 Å². The molecule has 8 heteroatoms. The van der Waals surface area contributed by atoms with Crippen molar-refractivity contribution in [1.29, 1.82) is 0 Å². The van der Waals surface area contributed by atoms with Crippen LogP contribution in [0.3, 0.4) is 0 Å². The Balaban J connectivity index is 2.16. The number of nitrogens with zero attached hydrogens (tertiary/aromatic N) is 7. The third-order valence-electron chi connectivity index (χ3n) is 2.58. The fraction of sp³-hybridized carbons (Fsp3) is 0.182. The lowest BCUT2D eigenvalue weighted by Crippen LogP contribution is -2.09. The van der Waals surface area contributed by atoms with E-state index in [2.05, 4.69) is 30.4 Å². The van der Waals surface area contributed by atoms with Crippen molar-refractivity contribution in [2.75, 3.05) is 12.4 Å². The minimum atomic E-state index is 0.447. The van der Waals surface area contributed by atoms with E-state index in [1.165, 1.54) is 0 Å². The van der Waals surface area contributed by atoms with Crippen LogP contribution in [0.1, 0.15) is 0 Å².